The molecule has 2 saturated heterocycles. The van der Waals surface area contributed by atoms with Crippen LogP contribution in [-0.2, 0) is 19.1 Å². The minimum Gasteiger partial charge on any atom is -0.464 e. The molecule has 2 bridgehead atoms. The Labute approximate surface area is 244 Å². The van der Waals surface area contributed by atoms with Gasteiger partial charge < -0.3 is 14.4 Å². The monoisotopic (exact) mass is 555 g/mol. The average molecular weight is 556 g/mol. The Bertz CT molecular complexity index is 814. The van der Waals surface area contributed by atoms with Gasteiger partial charge in [-0.2, -0.15) is 0 Å². The first kappa shape index (κ1) is 32.6. The topological polar surface area (TPSA) is 55.8 Å². The van der Waals surface area contributed by atoms with Gasteiger partial charge in [-0.25, -0.2) is 0 Å². The molecule has 2 aliphatic heterocycles. The lowest BCUT2D eigenvalue weighted by Gasteiger charge is -2.36. The van der Waals surface area contributed by atoms with Crippen molar-refractivity contribution in [3.63, 3.8) is 0 Å². The van der Waals surface area contributed by atoms with Gasteiger partial charge in [-0.05, 0) is 44.7 Å². The first-order valence-electron chi connectivity index (χ1n) is 16.7. The number of benzene rings is 1. The fourth-order valence-electron chi connectivity index (χ4n) is 6.58. The van der Waals surface area contributed by atoms with Crippen LogP contribution in [0.5, 0.6) is 0 Å². The van der Waals surface area contributed by atoms with E-state index in [9.17, 15) is 9.59 Å². The van der Waals surface area contributed by atoms with Crippen LogP contribution in [0.15, 0.2) is 30.3 Å². The number of unbranched alkanes of at least 4 members (excludes halogenated alkanes) is 14. The number of carbonyl (C=O) groups is 2. The second kappa shape index (κ2) is 19.3. The Balaban J connectivity index is 1.24. The molecule has 0 N–H and O–H groups in total. The van der Waals surface area contributed by atoms with Crippen molar-refractivity contribution in [3.05, 3.63) is 35.9 Å². The SMILES string of the molecule is CCCCCCCCCCCCCCCCCC(=O)OCC(C(=O)OC1C[C@H]2CC[C@@H](C1)N2C)c1ccccc1. The molecule has 4 atom stereocenters. The van der Waals surface area contributed by atoms with E-state index in [0.29, 0.717) is 18.5 Å². The van der Waals surface area contributed by atoms with E-state index in [1.165, 1.54) is 96.3 Å². The van der Waals surface area contributed by atoms with Crippen LogP contribution >= 0.6 is 0 Å². The van der Waals surface area contributed by atoms with Crippen LogP contribution in [0.2, 0.25) is 0 Å². The number of ether oxygens (including phenoxy) is 2. The van der Waals surface area contributed by atoms with Gasteiger partial charge in [0.05, 0.1) is 0 Å². The molecule has 0 aliphatic carbocycles. The number of carbonyl (C=O) groups excluding carboxylic acids is 2. The lowest BCUT2D eigenvalue weighted by atomic mass is 9.98. The number of nitrogens with zero attached hydrogens (tertiary/aromatic N) is 1. The highest BCUT2D eigenvalue weighted by atomic mass is 16.6. The average Bonchev–Trinajstić information content (AvgIpc) is 3.15. The summed E-state index contributed by atoms with van der Waals surface area (Å²) in [6.45, 7) is 2.33. The van der Waals surface area contributed by atoms with Crippen LogP contribution in [0.1, 0.15) is 147 Å². The van der Waals surface area contributed by atoms with Gasteiger partial charge in [0.25, 0.3) is 0 Å². The fraction of sp³-hybridized carbons (Fsp3) is 0.771. The van der Waals surface area contributed by atoms with Crippen molar-refractivity contribution in [2.45, 2.75) is 159 Å². The van der Waals surface area contributed by atoms with E-state index in [0.717, 1.165) is 31.2 Å². The van der Waals surface area contributed by atoms with Crippen LogP contribution in [0.4, 0.5) is 0 Å². The third kappa shape index (κ3) is 11.9. The van der Waals surface area contributed by atoms with E-state index in [-0.39, 0.29) is 24.6 Å². The molecule has 0 aromatic heterocycles. The molecule has 2 fully saturated rings. The summed E-state index contributed by atoms with van der Waals surface area (Å²) in [5.74, 6) is -1.04. The first-order valence-corrected chi connectivity index (χ1v) is 16.7. The quantitative estimate of drug-likeness (QED) is 0.112. The van der Waals surface area contributed by atoms with Crippen molar-refractivity contribution < 1.29 is 19.1 Å². The summed E-state index contributed by atoms with van der Waals surface area (Å²) in [5, 5.41) is 0. The van der Waals surface area contributed by atoms with Gasteiger partial charge in [0.15, 0.2) is 0 Å². The maximum atomic E-state index is 13.2. The van der Waals surface area contributed by atoms with Gasteiger partial charge >= 0.3 is 11.9 Å². The van der Waals surface area contributed by atoms with Crippen molar-refractivity contribution in [1.82, 2.24) is 4.90 Å². The van der Waals surface area contributed by atoms with Gasteiger partial charge in [0.1, 0.15) is 18.6 Å². The van der Waals surface area contributed by atoms with E-state index in [4.69, 9.17) is 9.47 Å². The Morgan fingerprint density at radius 2 is 1.27 bits per heavy atom. The molecule has 1 aromatic carbocycles. The van der Waals surface area contributed by atoms with Crippen molar-refractivity contribution in [2.75, 3.05) is 13.7 Å². The van der Waals surface area contributed by atoms with Gasteiger partial charge in [0, 0.05) is 18.5 Å². The van der Waals surface area contributed by atoms with Crippen molar-refractivity contribution in [1.29, 1.82) is 0 Å². The smallest absolute Gasteiger partial charge is 0.317 e. The molecule has 2 unspecified atom stereocenters. The zero-order valence-corrected chi connectivity index (χ0v) is 25.6. The highest BCUT2D eigenvalue weighted by Crippen LogP contribution is 2.36. The summed E-state index contributed by atoms with van der Waals surface area (Å²) < 4.78 is 11.6. The number of fused-ring (bicyclic) bond motifs is 2. The molecule has 5 heteroatoms. The van der Waals surface area contributed by atoms with E-state index in [2.05, 4.69) is 18.9 Å². The van der Waals surface area contributed by atoms with Crippen LogP contribution in [0.25, 0.3) is 0 Å². The van der Waals surface area contributed by atoms with E-state index in [1.54, 1.807) is 0 Å². The lowest BCUT2D eigenvalue weighted by Crippen LogP contribution is -2.44. The highest BCUT2D eigenvalue weighted by Gasteiger charge is 2.40. The lowest BCUT2D eigenvalue weighted by molar-refractivity contribution is -0.158. The normalized spacial score (nSPS) is 21.3. The zero-order chi connectivity index (χ0) is 28.4. The highest BCUT2D eigenvalue weighted by molar-refractivity contribution is 5.79. The first-order chi connectivity index (χ1) is 19.6. The molecule has 3 rings (SSSR count). The van der Waals surface area contributed by atoms with Gasteiger partial charge in [0.2, 0.25) is 0 Å². The van der Waals surface area contributed by atoms with E-state index in [1.807, 2.05) is 30.3 Å². The molecular weight excluding hydrogens is 498 g/mol. The largest absolute Gasteiger partial charge is 0.464 e. The Morgan fingerprint density at radius 1 is 0.775 bits per heavy atom. The van der Waals surface area contributed by atoms with Gasteiger partial charge in [-0.15, -0.1) is 0 Å². The molecule has 0 saturated carbocycles. The molecule has 0 amide bonds. The molecule has 40 heavy (non-hydrogen) atoms. The number of hydrogen-bond donors (Lipinski definition) is 0. The molecule has 2 aliphatic rings. The molecule has 1 aromatic rings. The van der Waals surface area contributed by atoms with E-state index >= 15 is 0 Å². The van der Waals surface area contributed by atoms with Crippen molar-refractivity contribution in [2.24, 2.45) is 0 Å². The second-order valence-corrected chi connectivity index (χ2v) is 12.4. The maximum absolute atomic E-state index is 13.2. The van der Waals surface area contributed by atoms with E-state index < -0.39 is 5.92 Å². The standard InChI is InChI=1S/C35H57NO4/c1-3-4-5-6-7-8-9-10-11-12-13-14-15-16-20-23-34(37)39-28-33(29-21-18-17-19-22-29)35(38)40-32-26-30-24-25-31(27-32)36(30)2/h17-19,21-22,30-33H,3-16,20,23-28H2,1-2H3/t30-,31+,32?,33?. The summed E-state index contributed by atoms with van der Waals surface area (Å²) >= 11 is 0. The summed E-state index contributed by atoms with van der Waals surface area (Å²) in [4.78, 5) is 28.1. The zero-order valence-electron chi connectivity index (χ0n) is 25.6. The van der Waals surface area contributed by atoms with Crippen LogP contribution < -0.4 is 0 Å². The Hall–Kier alpha value is -1.88. The Kier molecular flexibility index (Phi) is 15.7. The maximum Gasteiger partial charge on any atom is 0.317 e. The minimum atomic E-state index is -0.566. The second-order valence-electron chi connectivity index (χ2n) is 12.4. The summed E-state index contributed by atoms with van der Waals surface area (Å²) in [7, 11) is 2.19. The molecule has 0 spiro atoms. The number of esters is 2. The van der Waals surface area contributed by atoms with Crippen LogP contribution in [0.3, 0.4) is 0 Å². The Morgan fingerprint density at radius 3 is 1.80 bits per heavy atom. The molecule has 226 valence electrons. The predicted molar refractivity (Wildman–Crippen MR) is 163 cm³/mol. The number of hydrogen-bond acceptors (Lipinski definition) is 5. The van der Waals surface area contributed by atoms with Crippen molar-refractivity contribution >= 4 is 11.9 Å². The fourth-order valence-corrected chi connectivity index (χ4v) is 6.58. The van der Waals surface area contributed by atoms with Gasteiger partial charge in [-0.1, -0.05) is 127 Å². The van der Waals surface area contributed by atoms with Gasteiger partial charge in [-0.3, -0.25) is 9.59 Å². The van der Waals surface area contributed by atoms with Crippen molar-refractivity contribution in [3.8, 4) is 0 Å². The third-order valence-electron chi connectivity index (χ3n) is 9.22. The molecule has 2 heterocycles. The number of piperidine rings is 1. The summed E-state index contributed by atoms with van der Waals surface area (Å²) in [6.07, 6.45) is 24.1. The third-order valence-corrected chi connectivity index (χ3v) is 9.22. The predicted octanol–water partition coefficient (Wildman–Crippen LogP) is 8.74. The summed E-state index contributed by atoms with van der Waals surface area (Å²) in [6, 6.07) is 10.6. The van der Waals surface area contributed by atoms with Crippen LogP contribution in [0, 0.1) is 0 Å². The molecular formula is C35H57NO4. The minimum absolute atomic E-state index is 0.0385. The molecule has 5 nitrogen and oxygen atoms in total. The number of rotatable bonds is 21. The summed E-state index contributed by atoms with van der Waals surface area (Å²) in [5.41, 5.74) is 0.850. The molecule has 0 radical (unpaired) electrons. The van der Waals surface area contributed by atoms with Crippen LogP contribution in [-0.4, -0.2) is 48.7 Å².